The van der Waals surface area contributed by atoms with Crippen molar-refractivity contribution >= 4 is 33.9 Å². The Labute approximate surface area is 195 Å². The highest BCUT2D eigenvalue weighted by Gasteiger charge is 2.33. The Hall–Kier alpha value is -3.88. The Morgan fingerprint density at radius 3 is 2.74 bits per heavy atom. The minimum Gasteiger partial charge on any atom is -0.465 e. The lowest BCUT2D eigenvalue weighted by atomic mass is 10.0. The molecule has 0 radical (unpaired) electrons. The van der Waals surface area contributed by atoms with Crippen LogP contribution in [0, 0.1) is 0 Å². The molecule has 4 aromatic rings. The quantitative estimate of drug-likeness (QED) is 0.478. The lowest BCUT2D eigenvalue weighted by molar-refractivity contribution is 0.0590. The lowest BCUT2D eigenvalue weighted by Crippen LogP contribution is -2.54. The van der Waals surface area contributed by atoms with Crippen LogP contribution >= 0.6 is 0 Å². The van der Waals surface area contributed by atoms with Gasteiger partial charge >= 0.3 is 6.09 Å². The van der Waals surface area contributed by atoms with Crippen LogP contribution < -0.4 is 5.32 Å². The van der Waals surface area contributed by atoms with E-state index < -0.39 is 18.3 Å². The van der Waals surface area contributed by atoms with E-state index >= 15 is 0 Å². The molecule has 2 atom stereocenters. The first kappa shape index (κ1) is 21.9. The van der Waals surface area contributed by atoms with E-state index in [0.717, 1.165) is 34.5 Å². The number of aromatic nitrogens is 3. The van der Waals surface area contributed by atoms with Crippen LogP contribution in [0.5, 0.6) is 0 Å². The third-order valence-electron chi connectivity index (χ3n) is 6.61. The molecule has 2 aromatic heterocycles. The molecule has 0 spiro atoms. The number of carbonyl (C=O) groups excluding carboxylic acids is 1. The van der Waals surface area contributed by atoms with Gasteiger partial charge in [-0.3, -0.25) is 4.79 Å². The summed E-state index contributed by atoms with van der Waals surface area (Å²) in [5.74, 6) is 0.544. The second-order valence-electron chi connectivity index (χ2n) is 8.64. The molecule has 2 aromatic carbocycles. The van der Waals surface area contributed by atoms with Crippen molar-refractivity contribution in [2.45, 2.75) is 32.1 Å². The van der Waals surface area contributed by atoms with E-state index in [4.69, 9.17) is 10.1 Å². The van der Waals surface area contributed by atoms with Crippen LogP contribution in [0.15, 0.2) is 48.5 Å². The summed E-state index contributed by atoms with van der Waals surface area (Å²) in [6, 6.07) is 14.8. The standard InChI is InChI=1S/C25H26FN5O3/c1-3-31-20-7-5-4-6-15(20)13-22(31)23-27-18-12-16(8-9-21(18)29(23)2)24(32)30-11-10-17(26)19(14-30)28-25(33)34/h4-9,12-13,17,19,28H,3,10-11,14H2,1-2H3,(H,33,34)/t17-,19+/m1/s1. The van der Waals surface area contributed by atoms with Crippen molar-refractivity contribution in [1.82, 2.24) is 24.3 Å². The average Bonchev–Trinajstić information content (AvgIpc) is 3.36. The normalized spacial score (nSPS) is 18.5. The molecule has 1 aliphatic heterocycles. The van der Waals surface area contributed by atoms with E-state index in [1.165, 1.54) is 4.90 Å². The number of carboxylic acid groups (broad SMARTS) is 1. The predicted molar refractivity (Wildman–Crippen MR) is 128 cm³/mol. The molecular formula is C25H26FN5O3. The maximum atomic E-state index is 14.1. The summed E-state index contributed by atoms with van der Waals surface area (Å²) in [5.41, 5.74) is 4.18. The maximum absolute atomic E-state index is 14.1. The van der Waals surface area contributed by atoms with E-state index in [0.29, 0.717) is 11.1 Å². The first-order chi connectivity index (χ1) is 16.4. The van der Waals surface area contributed by atoms with E-state index in [1.807, 2.05) is 29.8 Å². The van der Waals surface area contributed by atoms with Crippen LogP contribution in [0.2, 0.25) is 0 Å². The van der Waals surface area contributed by atoms with Crippen molar-refractivity contribution in [3.05, 3.63) is 54.1 Å². The summed E-state index contributed by atoms with van der Waals surface area (Å²) in [6.07, 6.45) is -2.52. The van der Waals surface area contributed by atoms with Crippen LogP contribution in [0.3, 0.4) is 0 Å². The molecule has 0 unspecified atom stereocenters. The van der Waals surface area contributed by atoms with Crippen LogP contribution in [-0.4, -0.2) is 61.4 Å². The summed E-state index contributed by atoms with van der Waals surface area (Å²) < 4.78 is 18.4. The van der Waals surface area contributed by atoms with Crippen LogP contribution in [0.1, 0.15) is 23.7 Å². The van der Waals surface area contributed by atoms with Gasteiger partial charge in [-0.25, -0.2) is 14.2 Å². The van der Waals surface area contributed by atoms with Gasteiger partial charge in [0.1, 0.15) is 6.17 Å². The Bertz CT molecular complexity index is 1410. The second kappa shape index (κ2) is 8.48. The number of benzene rings is 2. The minimum atomic E-state index is -1.31. The molecule has 34 heavy (non-hydrogen) atoms. The Morgan fingerprint density at radius 1 is 1.18 bits per heavy atom. The number of halogens is 1. The monoisotopic (exact) mass is 463 g/mol. The van der Waals surface area contributed by atoms with E-state index in [9.17, 15) is 14.0 Å². The Kier molecular flexibility index (Phi) is 5.47. The number of alkyl halides is 1. The fraction of sp³-hybridized carbons (Fsp3) is 0.320. The number of hydrogen-bond acceptors (Lipinski definition) is 3. The zero-order chi connectivity index (χ0) is 24.0. The number of rotatable bonds is 4. The molecule has 2 N–H and O–H groups in total. The third-order valence-corrected chi connectivity index (χ3v) is 6.61. The summed E-state index contributed by atoms with van der Waals surface area (Å²) in [7, 11) is 1.96. The molecule has 176 valence electrons. The number of nitrogens with zero attached hydrogens (tertiary/aromatic N) is 4. The Morgan fingerprint density at radius 2 is 1.97 bits per heavy atom. The van der Waals surface area contributed by atoms with Crippen molar-refractivity contribution in [1.29, 1.82) is 0 Å². The molecule has 2 amide bonds. The van der Waals surface area contributed by atoms with Crippen molar-refractivity contribution in [2.24, 2.45) is 7.05 Å². The number of para-hydroxylation sites is 1. The van der Waals surface area contributed by atoms with Crippen molar-refractivity contribution in [3.8, 4) is 11.5 Å². The van der Waals surface area contributed by atoms with Crippen molar-refractivity contribution in [2.75, 3.05) is 13.1 Å². The van der Waals surface area contributed by atoms with Crippen LogP contribution in [0.4, 0.5) is 9.18 Å². The van der Waals surface area contributed by atoms with E-state index in [2.05, 4.69) is 35.0 Å². The zero-order valence-electron chi connectivity index (χ0n) is 19.0. The van der Waals surface area contributed by atoms with Gasteiger partial charge in [0.15, 0.2) is 5.82 Å². The first-order valence-electron chi connectivity index (χ1n) is 11.3. The fourth-order valence-electron chi connectivity index (χ4n) is 4.88. The van der Waals surface area contributed by atoms with Gasteiger partial charge in [-0.2, -0.15) is 0 Å². The molecule has 8 nitrogen and oxygen atoms in total. The van der Waals surface area contributed by atoms with Gasteiger partial charge in [0.2, 0.25) is 0 Å². The van der Waals surface area contributed by atoms with E-state index in [1.54, 1.807) is 12.1 Å². The highest BCUT2D eigenvalue weighted by atomic mass is 19.1. The van der Waals surface area contributed by atoms with Gasteiger partial charge in [-0.15, -0.1) is 0 Å². The topological polar surface area (TPSA) is 92.4 Å². The van der Waals surface area contributed by atoms with Gasteiger partial charge in [0, 0.05) is 43.1 Å². The molecule has 5 rings (SSSR count). The van der Waals surface area contributed by atoms with Crippen LogP contribution in [0.25, 0.3) is 33.5 Å². The molecule has 1 fully saturated rings. The summed E-state index contributed by atoms with van der Waals surface area (Å²) in [4.78, 5) is 30.5. The van der Waals surface area contributed by atoms with Gasteiger partial charge in [0.05, 0.1) is 22.8 Å². The number of amides is 2. The number of carbonyl (C=O) groups is 2. The van der Waals surface area contributed by atoms with E-state index in [-0.39, 0.29) is 25.4 Å². The fourth-order valence-corrected chi connectivity index (χ4v) is 4.88. The second-order valence-corrected chi connectivity index (χ2v) is 8.64. The molecule has 0 saturated carbocycles. The highest BCUT2D eigenvalue weighted by Crippen LogP contribution is 2.30. The summed E-state index contributed by atoms with van der Waals surface area (Å²) >= 11 is 0. The number of hydrogen-bond donors (Lipinski definition) is 2. The van der Waals surface area contributed by atoms with Crippen LogP contribution in [-0.2, 0) is 13.6 Å². The molecule has 0 aliphatic carbocycles. The van der Waals surface area contributed by atoms with Crippen molar-refractivity contribution < 1.29 is 19.1 Å². The zero-order valence-corrected chi connectivity index (χ0v) is 19.0. The molecule has 0 bridgehead atoms. The minimum absolute atomic E-state index is 0.00555. The number of likely N-dealkylation sites (tertiary alicyclic amines) is 1. The third kappa shape index (κ3) is 3.67. The van der Waals surface area contributed by atoms with Gasteiger partial charge in [0.25, 0.3) is 5.91 Å². The van der Waals surface area contributed by atoms with Crippen molar-refractivity contribution in [3.63, 3.8) is 0 Å². The summed E-state index contributed by atoms with van der Waals surface area (Å²) in [5, 5.41) is 12.3. The SMILES string of the molecule is CCn1c(-c2nc3cc(C(=O)N4CC[C@@H](F)[C@@H](NC(=O)O)C4)ccc3n2C)cc2ccccc21. The maximum Gasteiger partial charge on any atom is 0.405 e. The molecule has 1 saturated heterocycles. The smallest absolute Gasteiger partial charge is 0.405 e. The number of imidazole rings is 1. The lowest BCUT2D eigenvalue weighted by Gasteiger charge is -2.34. The van der Waals surface area contributed by atoms with Gasteiger partial charge in [-0.05, 0) is 43.7 Å². The molecule has 9 heteroatoms. The molecular weight excluding hydrogens is 437 g/mol. The highest BCUT2D eigenvalue weighted by molar-refractivity contribution is 5.98. The number of fused-ring (bicyclic) bond motifs is 2. The number of nitrogens with one attached hydrogen (secondary N) is 1. The van der Waals surface area contributed by atoms with Gasteiger partial charge in [-0.1, -0.05) is 18.2 Å². The first-order valence-corrected chi connectivity index (χ1v) is 11.3. The average molecular weight is 464 g/mol. The summed E-state index contributed by atoms with van der Waals surface area (Å²) in [6.45, 7) is 3.13. The Balaban J connectivity index is 1.48. The largest absolute Gasteiger partial charge is 0.465 e. The number of aryl methyl sites for hydroxylation is 2. The molecule has 3 heterocycles. The van der Waals surface area contributed by atoms with Gasteiger partial charge < -0.3 is 24.5 Å². The molecule has 1 aliphatic rings. The predicted octanol–water partition coefficient (Wildman–Crippen LogP) is 4.04. The number of piperidine rings is 1.